The summed E-state index contributed by atoms with van der Waals surface area (Å²) in [5, 5.41) is 0. The van der Waals surface area contributed by atoms with Crippen LogP contribution in [0, 0.1) is 0 Å². The minimum atomic E-state index is 0.720. The van der Waals surface area contributed by atoms with Crippen molar-refractivity contribution >= 4 is 0 Å². The molecule has 0 saturated carbocycles. The Balaban J connectivity index is 1.96. The second-order valence-corrected chi connectivity index (χ2v) is 4.53. The highest BCUT2D eigenvalue weighted by Gasteiger charge is 2.28. The number of nitrogens with zero attached hydrogens (tertiary/aromatic N) is 2. The lowest BCUT2D eigenvalue weighted by Crippen LogP contribution is -2.41. The second kappa shape index (κ2) is 3.77. The Kier molecular flexibility index (Phi) is 2.64. The summed E-state index contributed by atoms with van der Waals surface area (Å²) in [4.78, 5) is 4.87. The van der Waals surface area contributed by atoms with Gasteiger partial charge < -0.3 is 9.80 Å². The molecule has 2 aliphatic rings. The molecular weight excluding hydrogens is 172 g/mol. The first kappa shape index (κ1) is 9.78. The van der Waals surface area contributed by atoms with E-state index in [4.69, 9.17) is 0 Å². The summed E-state index contributed by atoms with van der Waals surface area (Å²) in [6.07, 6.45) is 3.68. The van der Waals surface area contributed by atoms with Crippen molar-refractivity contribution in [3.05, 3.63) is 24.4 Å². The molecule has 0 aliphatic carbocycles. The lowest BCUT2D eigenvalue weighted by molar-refractivity contribution is 0.164. The number of allylic oxidation sites excluding steroid dienone is 1. The van der Waals surface area contributed by atoms with Gasteiger partial charge in [0.15, 0.2) is 0 Å². The van der Waals surface area contributed by atoms with Gasteiger partial charge in [-0.3, -0.25) is 0 Å². The third-order valence-corrected chi connectivity index (χ3v) is 3.54. The minimum Gasteiger partial charge on any atom is -0.368 e. The summed E-state index contributed by atoms with van der Waals surface area (Å²) in [7, 11) is 2.20. The average Bonchev–Trinajstić information content (AvgIpc) is 2.50. The van der Waals surface area contributed by atoms with Gasteiger partial charge in [0.25, 0.3) is 0 Å². The molecule has 14 heavy (non-hydrogen) atoms. The lowest BCUT2D eigenvalue weighted by atomic mass is 10.0. The Morgan fingerprint density at radius 3 is 2.29 bits per heavy atom. The number of piperidine rings is 1. The largest absolute Gasteiger partial charge is 0.368 e. The molecule has 0 bridgehead atoms. The van der Waals surface area contributed by atoms with Crippen molar-refractivity contribution in [3.8, 4) is 0 Å². The molecule has 78 valence electrons. The van der Waals surface area contributed by atoms with Crippen molar-refractivity contribution in [2.75, 3.05) is 26.7 Å². The Labute approximate surface area is 86.9 Å². The van der Waals surface area contributed by atoms with Crippen molar-refractivity contribution in [1.29, 1.82) is 0 Å². The molecule has 0 N–H and O–H groups in total. The first-order valence-corrected chi connectivity index (χ1v) is 5.50. The molecule has 2 fully saturated rings. The maximum atomic E-state index is 4.12. The third-order valence-electron chi connectivity index (χ3n) is 3.54. The zero-order chi connectivity index (χ0) is 10.1. The molecule has 0 spiro atoms. The maximum Gasteiger partial charge on any atom is 0.0323 e. The van der Waals surface area contributed by atoms with Crippen molar-refractivity contribution in [1.82, 2.24) is 9.80 Å². The van der Waals surface area contributed by atoms with Gasteiger partial charge in [0, 0.05) is 18.3 Å². The van der Waals surface area contributed by atoms with Gasteiger partial charge in [0.2, 0.25) is 0 Å². The summed E-state index contributed by atoms with van der Waals surface area (Å²) in [5.74, 6) is 0. The zero-order valence-corrected chi connectivity index (χ0v) is 9.13. The predicted octanol–water partition coefficient (Wildman–Crippen LogP) is 1.86. The summed E-state index contributed by atoms with van der Waals surface area (Å²) in [5.41, 5.74) is 2.43. The summed E-state index contributed by atoms with van der Waals surface area (Å²) in [6, 6.07) is 0.720. The van der Waals surface area contributed by atoms with Gasteiger partial charge in [-0.1, -0.05) is 13.2 Å². The van der Waals surface area contributed by atoms with Gasteiger partial charge >= 0.3 is 0 Å². The molecule has 0 unspecified atom stereocenters. The highest BCUT2D eigenvalue weighted by atomic mass is 15.2. The molecule has 2 heterocycles. The molecule has 0 aromatic rings. The molecule has 2 saturated heterocycles. The van der Waals surface area contributed by atoms with E-state index >= 15 is 0 Å². The quantitative estimate of drug-likeness (QED) is 0.625. The molecule has 0 atom stereocenters. The zero-order valence-electron chi connectivity index (χ0n) is 9.13. The Hall–Kier alpha value is -0.760. The van der Waals surface area contributed by atoms with Crippen LogP contribution in [0.1, 0.15) is 19.3 Å². The third kappa shape index (κ3) is 1.71. The molecule has 0 aromatic carbocycles. The van der Waals surface area contributed by atoms with Crippen molar-refractivity contribution < 1.29 is 0 Å². The fraction of sp³-hybridized carbons (Fsp3) is 0.667. The smallest absolute Gasteiger partial charge is 0.0323 e. The fourth-order valence-corrected chi connectivity index (χ4v) is 2.45. The van der Waals surface area contributed by atoms with Gasteiger partial charge in [0.1, 0.15) is 0 Å². The van der Waals surface area contributed by atoms with Crippen molar-refractivity contribution in [2.24, 2.45) is 0 Å². The van der Waals surface area contributed by atoms with E-state index in [-0.39, 0.29) is 0 Å². The Morgan fingerprint density at radius 2 is 1.79 bits per heavy atom. The van der Waals surface area contributed by atoms with Gasteiger partial charge in [-0.05, 0) is 45.0 Å². The Morgan fingerprint density at radius 1 is 1.14 bits per heavy atom. The number of hydrogen-bond acceptors (Lipinski definition) is 2. The fourth-order valence-electron chi connectivity index (χ4n) is 2.45. The summed E-state index contributed by atoms with van der Waals surface area (Å²) in [6.45, 7) is 11.8. The van der Waals surface area contributed by atoms with Gasteiger partial charge in [-0.2, -0.15) is 0 Å². The van der Waals surface area contributed by atoms with Gasteiger partial charge in [0.05, 0.1) is 0 Å². The summed E-state index contributed by atoms with van der Waals surface area (Å²) < 4.78 is 0. The van der Waals surface area contributed by atoms with E-state index in [1.54, 1.807) is 0 Å². The molecule has 0 aromatic heterocycles. The van der Waals surface area contributed by atoms with Crippen LogP contribution in [0.5, 0.6) is 0 Å². The SMILES string of the molecule is C=C1CCN(C2CCN(C)CC2)C1=C. The van der Waals surface area contributed by atoms with E-state index < -0.39 is 0 Å². The van der Waals surface area contributed by atoms with E-state index in [1.165, 1.54) is 37.2 Å². The number of hydrogen-bond donors (Lipinski definition) is 0. The van der Waals surface area contributed by atoms with Crippen LogP contribution in [-0.4, -0.2) is 42.5 Å². The normalized spacial score (nSPS) is 26.2. The van der Waals surface area contributed by atoms with Gasteiger partial charge in [-0.25, -0.2) is 0 Å². The first-order valence-electron chi connectivity index (χ1n) is 5.50. The molecule has 0 amide bonds. The molecule has 2 rings (SSSR count). The lowest BCUT2D eigenvalue weighted by Gasteiger charge is -2.36. The second-order valence-electron chi connectivity index (χ2n) is 4.53. The van der Waals surface area contributed by atoms with Crippen LogP contribution in [0.25, 0.3) is 0 Å². The van der Waals surface area contributed by atoms with Crippen molar-refractivity contribution in [3.63, 3.8) is 0 Å². The van der Waals surface area contributed by atoms with E-state index in [1.807, 2.05) is 0 Å². The predicted molar refractivity (Wildman–Crippen MR) is 60.1 cm³/mol. The van der Waals surface area contributed by atoms with Gasteiger partial charge in [-0.15, -0.1) is 0 Å². The van der Waals surface area contributed by atoms with E-state index in [0.29, 0.717) is 0 Å². The minimum absolute atomic E-state index is 0.720. The highest BCUT2D eigenvalue weighted by molar-refractivity contribution is 5.29. The number of rotatable bonds is 1. The molecule has 2 aliphatic heterocycles. The average molecular weight is 192 g/mol. The topological polar surface area (TPSA) is 6.48 Å². The molecule has 2 heteroatoms. The maximum absolute atomic E-state index is 4.12. The van der Waals surface area contributed by atoms with Crippen LogP contribution in [0.4, 0.5) is 0 Å². The van der Waals surface area contributed by atoms with Crippen LogP contribution in [-0.2, 0) is 0 Å². The van der Waals surface area contributed by atoms with E-state index in [9.17, 15) is 0 Å². The molecular formula is C12H20N2. The van der Waals surface area contributed by atoms with Crippen molar-refractivity contribution in [2.45, 2.75) is 25.3 Å². The van der Waals surface area contributed by atoms with Crippen LogP contribution in [0.3, 0.4) is 0 Å². The number of likely N-dealkylation sites (tertiary alicyclic amines) is 2. The van der Waals surface area contributed by atoms with Crippen LogP contribution in [0.2, 0.25) is 0 Å². The molecule has 2 nitrogen and oxygen atoms in total. The van der Waals surface area contributed by atoms with E-state index in [0.717, 1.165) is 19.0 Å². The highest BCUT2D eigenvalue weighted by Crippen LogP contribution is 2.29. The molecule has 0 radical (unpaired) electrons. The first-order chi connectivity index (χ1) is 6.68. The Bertz CT molecular complexity index is 249. The van der Waals surface area contributed by atoms with Crippen LogP contribution in [0.15, 0.2) is 24.4 Å². The van der Waals surface area contributed by atoms with Crippen LogP contribution >= 0.6 is 0 Å². The van der Waals surface area contributed by atoms with E-state index in [2.05, 4.69) is 30.0 Å². The summed E-state index contributed by atoms with van der Waals surface area (Å²) >= 11 is 0. The van der Waals surface area contributed by atoms with Crippen LogP contribution < -0.4 is 0 Å². The monoisotopic (exact) mass is 192 g/mol. The standard InChI is InChI=1S/C12H20N2/c1-10-4-9-14(11(10)2)12-5-7-13(3)8-6-12/h12H,1-2,4-9H2,3H3.